The summed E-state index contributed by atoms with van der Waals surface area (Å²) in [5, 5.41) is 0. The van der Waals surface area contributed by atoms with Crippen LogP contribution in [-0.4, -0.2) is 37.2 Å². The first-order chi connectivity index (χ1) is 31.0. The Morgan fingerprint density at radius 2 is 0.571 bits per heavy atom. The first-order valence-corrected chi connectivity index (χ1v) is 27.5. The molecule has 63 heavy (non-hydrogen) atoms. The third-order valence-corrected chi connectivity index (χ3v) is 12.1. The minimum Gasteiger partial charge on any atom is -0.462 e. The molecule has 1 unspecified atom stereocenters. The molecule has 0 aliphatic heterocycles. The van der Waals surface area contributed by atoms with Crippen LogP contribution in [-0.2, 0) is 28.6 Å². The summed E-state index contributed by atoms with van der Waals surface area (Å²) in [5.74, 6) is -0.876. The summed E-state index contributed by atoms with van der Waals surface area (Å²) in [4.78, 5) is 38.0. The topological polar surface area (TPSA) is 78.9 Å². The molecule has 0 saturated carbocycles. The van der Waals surface area contributed by atoms with Crippen molar-refractivity contribution in [3.05, 3.63) is 36.5 Å². The van der Waals surface area contributed by atoms with Crippen LogP contribution in [0.5, 0.6) is 0 Å². The summed E-state index contributed by atoms with van der Waals surface area (Å²) in [6, 6.07) is 0. The maximum Gasteiger partial charge on any atom is 0.306 e. The van der Waals surface area contributed by atoms with E-state index in [1.54, 1.807) is 0 Å². The SMILES string of the molecule is CCCCC/C=C\CCCCCCCC(=O)OC(COC(=O)CCCCCCCCCCC/C=C\C/C=C\CCCCCCC)COC(=O)CCCCCCCCCCCCCC. The normalized spacial score (nSPS) is 12.2. The highest BCUT2D eigenvalue weighted by atomic mass is 16.6. The molecule has 0 N–H and O–H groups in total. The van der Waals surface area contributed by atoms with Gasteiger partial charge in [0.25, 0.3) is 0 Å². The molecule has 0 aliphatic carbocycles. The number of unbranched alkanes of at least 4 members (excludes halogenated alkanes) is 33. The average molecular weight is 885 g/mol. The highest BCUT2D eigenvalue weighted by molar-refractivity contribution is 5.71. The van der Waals surface area contributed by atoms with Gasteiger partial charge in [-0.25, -0.2) is 0 Å². The van der Waals surface area contributed by atoms with Gasteiger partial charge in [-0.05, 0) is 77.0 Å². The van der Waals surface area contributed by atoms with Gasteiger partial charge in [-0.1, -0.05) is 231 Å². The molecule has 1 atom stereocenters. The smallest absolute Gasteiger partial charge is 0.306 e. The van der Waals surface area contributed by atoms with Crippen molar-refractivity contribution in [2.24, 2.45) is 0 Å². The molecule has 0 amide bonds. The Kier molecular flexibility index (Phi) is 50.3. The molecule has 0 aliphatic rings. The van der Waals surface area contributed by atoms with E-state index >= 15 is 0 Å². The highest BCUT2D eigenvalue weighted by Gasteiger charge is 2.19. The Labute approximate surface area is 391 Å². The first-order valence-electron chi connectivity index (χ1n) is 27.5. The van der Waals surface area contributed by atoms with E-state index in [-0.39, 0.29) is 31.1 Å². The van der Waals surface area contributed by atoms with Crippen molar-refractivity contribution in [1.82, 2.24) is 0 Å². The van der Waals surface area contributed by atoms with Crippen LogP contribution < -0.4 is 0 Å². The number of rotatable bonds is 50. The van der Waals surface area contributed by atoms with Crippen molar-refractivity contribution < 1.29 is 28.6 Å². The predicted molar refractivity (Wildman–Crippen MR) is 270 cm³/mol. The van der Waals surface area contributed by atoms with Crippen LogP contribution in [0.15, 0.2) is 36.5 Å². The second-order valence-electron chi connectivity index (χ2n) is 18.5. The second kappa shape index (κ2) is 52.3. The van der Waals surface area contributed by atoms with Gasteiger partial charge in [0, 0.05) is 19.3 Å². The summed E-state index contributed by atoms with van der Waals surface area (Å²) in [5.41, 5.74) is 0. The first kappa shape index (κ1) is 60.6. The van der Waals surface area contributed by atoms with Crippen molar-refractivity contribution in [3.63, 3.8) is 0 Å². The fraction of sp³-hybridized carbons (Fsp3) is 0.842. The zero-order chi connectivity index (χ0) is 45.8. The highest BCUT2D eigenvalue weighted by Crippen LogP contribution is 2.16. The average Bonchev–Trinajstić information content (AvgIpc) is 3.28. The minimum atomic E-state index is -0.774. The van der Waals surface area contributed by atoms with Crippen LogP contribution in [0.3, 0.4) is 0 Å². The van der Waals surface area contributed by atoms with E-state index in [1.165, 1.54) is 180 Å². The molecule has 6 heteroatoms. The van der Waals surface area contributed by atoms with Crippen molar-refractivity contribution >= 4 is 17.9 Å². The van der Waals surface area contributed by atoms with Crippen LogP contribution in [0.4, 0.5) is 0 Å². The zero-order valence-electron chi connectivity index (χ0n) is 42.1. The van der Waals surface area contributed by atoms with Gasteiger partial charge in [0.15, 0.2) is 6.10 Å². The molecule has 0 radical (unpaired) electrons. The maximum absolute atomic E-state index is 12.8. The predicted octanol–water partition coefficient (Wildman–Crippen LogP) is 18.1. The molecule has 6 nitrogen and oxygen atoms in total. The largest absolute Gasteiger partial charge is 0.462 e. The van der Waals surface area contributed by atoms with Gasteiger partial charge in [0.1, 0.15) is 13.2 Å². The summed E-state index contributed by atoms with van der Waals surface area (Å²) < 4.78 is 16.8. The van der Waals surface area contributed by atoms with Gasteiger partial charge in [-0.3, -0.25) is 14.4 Å². The molecular weight excluding hydrogens is 781 g/mol. The lowest BCUT2D eigenvalue weighted by molar-refractivity contribution is -0.167. The Bertz CT molecular complexity index is 1060. The number of carbonyl (C=O) groups excluding carboxylic acids is 3. The van der Waals surface area contributed by atoms with Gasteiger partial charge in [-0.15, -0.1) is 0 Å². The maximum atomic E-state index is 12.8. The molecule has 0 fully saturated rings. The summed E-state index contributed by atoms with van der Waals surface area (Å²) >= 11 is 0. The Hall–Kier alpha value is -2.37. The van der Waals surface area contributed by atoms with Crippen molar-refractivity contribution in [3.8, 4) is 0 Å². The lowest BCUT2D eigenvalue weighted by Gasteiger charge is -2.18. The van der Waals surface area contributed by atoms with E-state index in [9.17, 15) is 14.4 Å². The van der Waals surface area contributed by atoms with E-state index in [1.807, 2.05) is 0 Å². The summed E-state index contributed by atoms with van der Waals surface area (Å²) in [7, 11) is 0. The molecule has 368 valence electrons. The standard InChI is InChI=1S/C57H104O6/c1-4-7-10-13-16-19-22-25-26-27-28-29-30-31-32-33-36-38-41-44-47-50-56(59)62-53-54(63-57(60)51-48-45-42-39-35-24-21-18-15-12-9-6-3)52-61-55(58)49-46-43-40-37-34-23-20-17-14-11-8-5-2/h18,21-22,25,27-28,54H,4-17,19-20,23-24,26,29-53H2,1-3H3/b21-18-,25-22-,28-27-. The molecule has 0 saturated heterocycles. The number of esters is 3. The van der Waals surface area contributed by atoms with E-state index < -0.39 is 6.10 Å². The fourth-order valence-corrected chi connectivity index (χ4v) is 7.94. The van der Waals surface area contributed by atoms with Gasteiger partial charge in [0.2, 0.25) is 0 Å². The second-order valence-corrected chi connectivity index (χ2v) is 18.5. The Morgan fingerprint density at radius 3 is 0.921 bits per heavy atom. The molecule has 0 aromatic rings. The quantitative estimate of drug-likeness (QED) is 0.0262. The van der Waals surface area contributed by atoms with Crippen molar-refractivity contribution in [2.45, 2.75) is 297 Å². The number of hydrogen-bond donors (Lipinski definition) is 0. The van der Waals surface area contributed by atoms with E-state index in [4.69, 9.17) is 14.2 Å². The number of hydrogen-bond acceptors (Lipinski definition) is 6. The monoisotopic (exact) mass is 885 g/mol. The fourth-order valence-electron chi connectivity index (χ4n) is 7.94. The van der Waals surface area contributed by atoms with Crippen LogP contribution >= 0.6 is 0 Å². The van der Waals surface area contributed by atoms with Crippen molar-refractivity contribution in [1.29, 1.82) is 0 Å². The van der Waals surface area contributed by atoms with Gasteiger partial charge >= 0.3 is 17.9 Å². The third-order valence-electron chi connectivity index (χ3n) is 12.1. The summed E-state index contributed by atoms with van der Waals surface area (Å²) in [6.07, 6.45) is 61.3. The Balaban J connectivity index is 4.28. The van der Waals surface area contributed by atoms with Crippen molar-refractivity contribution in [2.75, 3.05) is 13.2 Å². The van der Waals surface area contributed by atoms with Crippen LogP contribution in [0, 0.1) is 0 Å². The van der Waals surface area contributed by atoms with E-state index in [2.05, 4.69) is 57.2 Å². The number of allylic oxidation sites excluding steroid dienone is 6. The molecule has 0 heterocycles. The van der Waals surface area contributed by atoms with Crippen LogP contribution in [0.25, 0.3) is 0 Å². The molecule has 0 spiro atoms. The summed E-state index contributed by atoms with van der Waals surface area (Å²) in [6.45, 7) is 6.62. The van der Waals surface area contributed by atoms with Gasteiger partial charge in [0.05, 0.1) is 0 Å². The number of ether oxygens (including phenoxy) is 3. The molecule has 0 bridgehead atoms. The minimum absolute atomic E-state index is 0.0737. The molecule has 0 aromatic carbocycles. The number of carbonyl (C=O) groups is 3. The van der Waals surface area contributed by atoms with Crippen LogP contribution in [0.1, 0.15) is 290 Å². The van der Waals surface area contributed by atoms with E-state index in [0.29, 0.717) is 19.3 Å². The zero-order valence-corrected chi connectivity index (χ0v) is 42.1. The Morgan fingerprint density at radius 1 is 0.317 bits per heavy atom. The molecular formula is C57H104O6. The van der Waals surface area contributed by atoms with Gasteiger partial charge in [-0.2, -0.15) is 0 Å². The van der Waals surface area contributed by atoms with E-state index in [0.717, 1.165) is 70.6 Å². The van der Waals surface area contributed by atoms with Crippen LogP contribution in [0.2, 0.25) is 0 Å². The lowest BCUT2D eigenvalue weighted by Crippen LogP contribution is -2.30. The third kappa shape index (κ3) is 50.5. The molecule has 0 rings (SSSR count). The lowest BCUT2D eigenvalue weighted by atomic mass is 10.0. The van der Waals surface area contributed by atoms with Gasteiger partial charge < -0.3 is 14.2 Å². The molecule has 0 aromatic heterocycles.